The smallest absolute Gasteiger partial charge is 0.231 e. The number of alkyl halides is 1. The van der Waals surface area contributed by atoms with Crippen molar-refractivity contribution in [1.29, 1.82) is 0 Å². The molecule has 1 saturated heterocycles. The second-order valence-electron chi connectivity index (χ2n) is 8.07. The van der Waals surface area contributed by atoms with Crippen LogP contribution in [0.25, 0.3) is 0 Å². The molecule has 4 rings (SSSR count). The minimum Gasteiger partial charge on any atom is -0.342 e. The van der Waals surface area contributed by atoms with Crippen molar-refractivity contribution in [3.63, 3.8) is 0 Å². The van der Waals surface area contributed by atoms with Gasteiger partial charge in [-0.3, -0.25) is 9.59 Å². The Kier molecular flexibility index (Phi) is 4.13. The van der Waals surface area contributed by atoms with Gasteiger partial charge in [0.2, 0.25) is 11.8 Å². The summed E-state index contributed by atoms with van der Waals surface area (Å²) in [6.07, 6.45) is 4.29. The minimum atomic E-state index is -0.683. The molecule has 3 aliphatic rings. The van der Waals surface area contributed by atoms with E-state index in [1.54, 1.807) is 18.3 Å². The standard InChI is InChI=1S/C19H25FN2O2S/c1-14(23)22(11-15-2-9-25-12-15)16-10-18(16)5-7-21(8-6-18)17(24)19(13-20)3-4-19/h2,9,12,16H,3-8,10-11,13H2,1H3. The molecule has 4 nitrogen and oxygen atoms in total. The lowest BCUT2D eigenvalue weighted by atomic mass is 9.91. The highest BCUT2D eigenvalue weighted by atomic mass is 32.1. The van der Waals surface area contributed by atoms with Gasteiger partial charge in [-0.05, 0) is 59.9 Å². The molecule has 1 unspecified atom stereocenters. The number of nitrogens with zero attached hydrogens (tertiary/aromatic N) is 2. The second kappa shape index (κ2) is 6.08. The maximum Gasteiger partial charge on any atom is 0.231 e. The highest BCUT2D eigenvalue weighted by Gasteiger charge is 2.60. The molecule has 0 bridgehead atoms. The molecule has 25 heavy (non-hydrogen) atoms. The Morgan fingerprint density at radius 1 is 1.32 bits per heavy atom. The number of carbonyl (C=O) groups is 2. The van der Waals surface area contributed by atoms with Crippen LogP contribution in [0.3, 0.4) is 0 Å². The molecule has 1 atom stereocenters. The van der Waals surface area contributed by atoms with Crippen LogP contribution in [0.2, 0.25) is 0 Å². The summed E-state index contributed by atoms with van der Waals surface area (Å²) in [6, 6.07) is 2.36. The summed E-state index contributed by atoms with van der Waals surface area (Å²) >= 11 is 1.65. The third-order valence-corrected chi connectivity index (χ3v) is 7.20. The topological polar surface area (TPSA) is 40.6 Å². The van der Waals surface area contributed by atoms with Gasteiger partial charge in [-0.25, -0.2) is 4.39 Å². The summed E-state index contributed by atoms with van der Waals surface area (Å²) in [4.78, 5) is 28.5. The Balaban J connectivity index is 1.37. The van der Waals surface area contributed by atoms with E-state index in [0.717, 1.165) is 19.3 Å². The number of thiophene rings is 1. The first kappa shape index (κ1) is 17.0. The quantitative estimate of drug-likeness (QED) is 0.805. The zero-order chi connectivity index (χ0) is 17.7. The highest BCUT2D eigenvalue weighted by Crippen LogP contribution is 2.58. The molecule has 2 aliphatic carbocycles. The van der Waals surface area contributed by atoms with E-state index in [2.05, 4.69) is 11.4 Å². The van der Waals surface area contributed by atoms with Gasteiger partial charge >= 0.3 is 0 Å². The van der Waals surface area contributed by atoms with E-state index in [9.17, 15) is 14.0 Å². The van der Waals surface area contributed by atoms with Crippen LogP contribution in [0.4, 0.5) is 4.39 Å². The fraction of sp³-hybridized carbons (Fsp3) is 0.684. The molecule has 6 heteroatoms. The fourth-order valence-corrected chi connectivity index (χ4v) is 5.03. The summed E-state index contributed by atoms with van der Waals surface area (Å²) in [6.45, 7) is 3.23. The Hall–Kier alpha value is -1.43. The molecule has 1 aromatic heterocycles. The molecule has 1 aromatic rings. The van der Waals surface area contributed by atoms with E-state index in [1.807, 2.05) is 15.2 Å². The first-order valence-corrected chi connectivity index (χ1v) is 10.1. The lowest BCUT2D eigenvalue weighted by Gasteiger charge is -2.36. The molecule has 1 spiro atoms. The number of carbonyl (C=O) groups excluding carboxylic acids is 2. The van der Waals surface area contributed by atoms with Crippen LogP contribution in [0.5, 0.6) is 0 Å². The van der Waals surface area contributed by atoms with Crippen LogP contribution < -0.4 is 0 Å². The normalized spacial score (nSPS) is 25.7. The average Bonchev–Trinajstić information content (AvgIpc) is 3.49. The third kappa shape index (κ3) is 2.98. The lowest BCUT2D eigenvalue weighted by molar-refractivity contribution is -0.140. The van der Waals surface area contributed by atoms with Crippen LogP contribution >= 0.6 is 11.3 Å². The van der Waals surface area contributed by atoms with Crippen molar-refractivity contribution in [2.24, 2.45) is 10.8 Å². The number of piperidine rings is 1. The van der Waals surface area contributed by atoms with E-state index in [4.69, 9.17) is 0 Å². The van der Waals surface area contributed by atoms with Crippen LogP contribution in [0, 0.1) is 10.8 Å². The zero-order valence-corrected chi connectivity index (χ0v) is 15.5. The molecule has 2 saturated carbocycles. The van der Waals surface area contributed by atoms with Gasteiger partial charge in [0.1, 0.15) is 6.67 Å². The predicted molar refractivity (Wildman–Crippen MR) is 94.8 cm³/mol. The van der Waals surface area contributed by atoms with E-state index in [1.165, 1.54) is 5.56 Å². The number of hydrogen-bond acceptors (Lipinski definition) is 3. The Morgan fingerprint density at radius 3 is 2.56 bits per heavy atom. The Bertz CT molecular complexity index is 663. The highest BCUT2D eigenvalue weighted by molar-refractivity contribution is 7.07. The molecule has 2 heterocycles. The van der Waals surface area contributed by atoms with Gasteiger partial charge in [0.15, 0.2) is 0 Å². The number of likely N-dealkylation sites (tertiary alicyclic amines) is 1. The fourth-order valence-electron chi connectivity index (χ4n) is 4.37. The molecule has 0 aromatic carbocycles. The van der Waals surface area contributed by atoms with Crippen molar-refractivity contribution in [3.05, 3.63) is 22.4 Å². The van der Waals surface area contributed by atoms with Crippen LogP contribution in [0.15, 0.2) is 16.8 Å². The van der Waals surface area contributed by atoms with Gasteiger partial charge in [-0.2, -0.15) is 11.3 Å². The summed E-state index contributed by atoms with van der Waals surface area (Å²) in [5, 5.41) is 4.14. The van der Waals surface area contributed by atoms with Crippen LogP contribution in [-0.2, 0) is 16.1 Å². The van der Waals surface area contributed by atoms with Gasteiger partial charge in [-0.15, -0.1) is 0 Å². The first-order valence-electron chi connectivity index (χ1n) is 9.13. The van der Waals surface area contributed by atoms with Crippen molar-refractivity contribution in [2.45, 2.75) is 51.6 Å². The maximum absolute atomic E-state index is 13.1. The Labute approximate surface area is 152 Å². The maximum atomic E-state index is 13.1. The third-order valence-electron chi connectivity index (χ3n) is 6.47. The average molecular weight is 364 g/mol. The number of amides is 2. The van der Waals surface area contributed by atoms with E-state index in [0.29, 0.717) is 38.5 Å². The Morgan fingerprint density at radius 2 is 2.04 bits per heavy atom. The van der Waals surface area contributed by atoms with Crippen molar-refractivity contribution in [3.8, 4) is 0 Å². The van der Waals surface area contributed by atoms with Crippen LogP contribution in [0.1, 0.15) is 44.6 Å². The van der Waals surface area contributed by atoms with Gasteiger partial charge in [0.05, 0.1) is 5.41 Å². The van der Waals surface area contributed by atoms with E-state index in [-0.39, 0.29) is 17.2 Å². The summed E-state index contributed by atoms with van der Waals surface area (Å²) in [5.74, 6) is 0.143. The summed E-state index contributed by atoms with van der Waals surface area (Å²) in [7, 11) is 0. The lowest BCUT2D eigenvalue weighted by Crippen LogP contribution is -2.45. The molecule has 1 aliphatic heterocycles. The molecule has 2 amide bonds. The molecule has 136 valence electrons. The van der Waals surface area contributed by atoms with Gasteiger partial charge in [-0.1, -0.05) is 0 Å². The van der Waals surface area contributed by atoms with Crippen molar-refractivity contribution >= 4 is 23.2 Å². The second-order valence-corrected chi connectivity index (χ2v) is 8.85. The monoisotopic (exact) mass is 364 g/mol. The predicted octanol–water partition coefficient (Wildman–Crippen LogP) is 3.23. The molecule has 0 radical (unpaired) electrons. The summed E-state index contributed by atoms with van der Waals surface area (Å²) < 4.78 is 13.1. The SMILES string of the molecule is CC(=O)N(Cc1ccsc1)C1CC12CCN(C(=O)C1(CF)CC1)CC2. The largest absolute Gasteiger partial charge is 0.342 e. The van der Waals surface area contributed by atoms with Gasteiger partial charge in [0.25, 0.3) is 0 Å². The summed E-state index contributed by atoms with van der Waals surface area (Å²) in [5.41, 5.74) is 0.677. The van der Waals surface area contributed by atoms with Crippen molar-refractivity contribution in [2.75, 3.05) is 19.8 Å². The van der Waals surface area contributed by atoms with E-state index < -0.39 is 12.1 Å². The zero-order valence-electron chi connectivity index (χ0n) is 14.7. The molecular formula is C19H25FN2O2S. The number of rotatable bonds is 5. The molecular weight excluding hydrogens is 339 g/mol. The van der Waals surface area contributed by atoms with Gasteiger partial charge in [0, 0.05) is 32.6 Å². The number of hydrogen-bond donors (Lipinski definition) is 0. The number of halogens is 1. The van der Waals surface area contributed by atoms with Crippen molar-refractivity contribution < 1.29 is 14.0 Å². The van der Waals surface area contributed by atoms with E-state index >= 15 is 0 Å². The van der Waals surface area contributed by atoms with Crippen molar-refractivity contribution in [1.82, 2.24) is 9.80 Å². The minimum absolute atomic E-state index is 0.0174. The molecule has 0 N–H and O–H groups in total. The van der Waals surface area contributed by atoms with Crippen LogP contribution in [-0.4, -0.2) is 47.4 Å². The molecule has 3 fully saturated rings. The van der Waals surface area contributed by atoms with Gasteiger partial charge < -0.3 is 9.80 Å². The first-order chi connectivity index (χ1) is 12.0.